The molecule has 2 fully saturated rings. The van der Waals surface area contributed by atoms with Crippen molar-refractivity contribution >= 4 is 11.8 Å². The number of rotatable bonds is 4. The molecule has 1 atom stereocenters. The molecule has 120 valence electrons. The van der Waals surface area contributed by atoms with Crippen LogP contribution in [-0.2, 0) is 4.74 Å². The van der Waals surface area contributed by atoms with Gasteiger partial charge in [0.1, 0.15) is 5.82 Å². The lowest BCUT2D eigenvalue weighted by Gasteiger charge is -2.44. The number of methoxy groups -OCH3 is 1. The molecule has 1 saturated heterocycles. The summed E-state index contributed by atoms with van der Waals surface area (Å²) in [5, 5.41) is 3.73. The van der Waals surface area contributed by atoms with E-state index in [0.29, 0.717) is 11.6 Å². The molecule has 6 heteroatoms. The van der Waals surface area contributed by atoms with Crippen molar-refractivity contribution in [2.75, 3.05) is 38.7 Å². The third-order valence-electron chi connectivity index (χ3n) is 4.58. The molecule has 0 amide bonds. The average molecular weight is 304 g/mol. The van der Waals surface area contributed by atoms with E-state index in [2.05, 4.69) is 27.1 Å². The largest absolute Gasteiger partial charge is 0.465 e. The van der Waals surface area contributed by atoms with Crippen LogP contribution < -0.4 is 10.2 Å². The highest BCUT2D eigenvalue weighted by Gasteiger charge is 2.30. The Morgan fingerprint density at radius 3 is 2.91 bits per heavy atom. The predicted molar refractivity (Wildman–Crippen MR) is 85.0 cm³/mol. The predicted octanol–water partition coefficient (Wildman–Crippen LogP) is 1.09. The Balaban J connectivity index is 1.78. The average Bonchev–Trinajstić information content (AvgIpc) is 2.50. The fourth-order valence-corrected chi connectivity index (χ4v) is 3.00. The maximum Gasteiger partial charge on any atom is 0.338 e. The van der Waals surface area contributed by atoms with E-state index in [-0.39, 0.29) is 12.1 Å². The summed E-state index contributed by atoms with van der Waals surface area (Å²) in [7, 11) is 3.55. The quantitative estimate of drug-likeness (QED) is 0.840. The fourth-order valence-electron chi connectivity index (χ4n) is 3.00. The minimum atomic E-state index is -0.318. The van der Waals surface area contributed by atoms with Crippen molar-refractivity contribution in [1.82, 2.24) is 15.2 Å². The van der Waals surface area contributed by atoms with Crippen LogP contribution in [0.25, 0.3) is 0 Å². The number of likely N-dealkylation sites (N-methyl/N-ethyl adjacent to an activating group) is 1. The van der Waals surface area contributed by atoms with Gasteiger partial charge in [-0.2, -0.15) is 0 Å². The van der Waals surface area contributed by atoms with Gasteiger partial charge in [0.25, 0.3) is 0 Å². The van der Waals surface area contributed by atoms with Crippen LogP contribution in [0.1, 0.15) is 29.6 Å². The van der Waals surface area contributed by atoms with Crippen molar-refractivity contribution in [3.8, 4) is 0 Å². The second-order valence-electron chi connectivity index (χ2n) is 6.16. The molecule has 1 aliphatic carbocycles. The highest BCUT2D eigenvalue weighted by atomic mass is 16.5. The molecule has 2 heterocycles. The van der Waals surface area contributed by atoms with E-state index < -0.39 is 0 Å². The lowest BCUT2D eigenvalue weighted by atomic mass is 9.93. The van der Waals surface area contributed by atoms with Crippen molar-refractivity contribution in [2.24, 2.45) is 0 Å². The number of aromatic nitrogens is 1. The minimum Gasteiger partial charge on any atom is -0.465 e. The lowest BCUT2D eigenvalue weighted by Crippen LogP contribution is -2.61. The Morgan fingerprint density at radius 1 is 1.41 bits per heavy atom. The smallest absolute Gasteiger partial charge is 0.338 e. The molecule has 0 aromatic carbocycles. The van der Waals surface area contributed by atoms with Gasteiger partial charge in [0.2, 0.25) is 0 Å². The molecule has 1 N–H and O–H groups in total. The number of ether oxygens (including phenoxy) is 1. The van der Waals surface area contributed by atoms with Gasteiger partial charge in [0, 0.05) is 31.9 Å². The van der Waals surface area contributed by atoms with Crippen LogP contribution in [0.5, 0.6) is 0 Å². The van der Waals surface area contributed by atoms with Crippen LogP contribution in [0.4, 0.5) is 5.82 Å². The molecule has 1 unspecified atom stereocenters. The second-order valence-corrected chi connectivity index (χ2v) is 6.16. The topological polar surface area (TPSA) is 57.7 Å². The Kier molecular flexibility index (Phi) is 4.59. The SMILES string of the molecule is COC(=O)c1ccnc(N2CCN(C)CC2NC2CCC2)c1. The first-order valence-corrected chi connectivity index (χ1v) is 7.93. The summed E-state index contributed by atoms with van der Waals surface area (Å²) in [6.45, 7) is 2.85. The first-order chi connectivity index (χ1) is 10.7. The van der Waals surface area contributed by atoms with Crippen molar-refractivity contribution in [3.05, 3.63) is 23.9 Å². The van der Waals surface area contributed by atoms with Gasteiger partial charge in [-0.3, -0.25) is 5.32 Å². The molecule has 1 saturated carbocycles. The maximum absolute atomic E-state index is 11.7. The van der Waals surface area contributed by atoms with E-state index in [1.54, 1.807) is 12.3 Å². The molecule has 0 radical (unpaired) electrons. The number of nitrogens with one attached hydrogen (secondary N) is 1. The van der Waals surface area contributed by atoms with Gasteiger partial charge in [0.15, 0.2) is 0 Å². The third-order valence-corrected chi connectivity index (χ3v) is 4.58. The number of anilines is 1. The van der Waals surface area contributed by atoms with Crippen LogP contribution in [0.15, 0.2) is 18.3 Å². The summed E-state index contributed by atoms with van der Waals surface area (Å²) in [4.78, 5) is 20.8. The summed E-state index contributed by atoms with van der Waals surface area (Å²) in [6, 6.07) is 4.13. The number of hydrogen-bond donors (Lipinski definition) is 1. The normalized spacial score (nSPS) is 23.2. The van der Waals surface area contributed by atoms with E-state index in [4.69, 9.17) is 4.74 Å². The lowest BCUT2D eigenvalue weighted by molar-refractivity contribution is 0.0600. The molecule has 2 aliphatic rings. The van der Waals surface area contributed by atoms with Gasteiger partial charge in [-0.05, 0) is 32.0 Å². The van der Waals surface area contributed by atoms with Crippen LogP contribution >= 0.6 is 0 Å². The summed E-state index contributed by atoms with van der Waals surface area (Å²) >= 11 is 0. The van der Waals surface area contributed by atoms with Crippen LogP contribution in [0.3, 0.4) is 0 Å². The molecule has 0 bridgehead atoms. The second kappa shape index (κ2) is 6.62. The molecule has 6 nitrogen and oxygen atoms in total. The number of nitrogens with zero attached hydrogens (tertiary/aromatic N) is 3. The van der Waals surface area contributed by atoms with E-state index in [1.807, 2.05) is 6.07 Å². The molecular formula is C16H24N4O2. The van der Waals surface area contributed by atoms with Crippen LogP contribution in [0, 0.1) is 0 Å². The Labute approximate surface area is 131 Å². The zero-order valence-electron chi connectivity index (χ0n) is 13.3. The number of hydrogen-bond acceptors (Lipinski definition) is 6. The van der Waals surface area contributed by atoms with Crippen molar-refractivity contribution in [2.45, 2.75) is 31.5 Å². The summed E-state index contributed by atoms with van der Waals surface area (Å²) in [5.41, 5.74) is 0.550. The highest BCUT2D eigenvalue weighted by molar-refractivity contribution is 5.90. The molecule has 1 aromatic rings. The van der Waals surface area contributed by atoms with Gasteiger partial charge in [-0.25, -0.2) is 9.78 Å². The van der Waals surface area contributed by atoms with Crippen LogP contribution in [0.2, 0.25) is 0 Å². The molecular weight excluding hydrogens is 280 g/mol. The monoisotopic (exact) mass is 304 g/mol. The summed E-state index contributed by atoms with van der Waals surface area (Å²) < 4.78 is 4.80. The van der Waals surface area contributed by atoms with Crippen molar-refractivity contribution < 1.29 is 9.53 Å². The van der Waals surface area contributed by atoms with Gasteiger partial charge < -0.3 is 14.5 Å². The van der Waals surface area contributed by atoms with E-state index in [0.717, 1.165) is 25.5 Å². The molecule has 1 aromatic heterocycles. The molecule has 3 rings (SSSR count). The number of esters is 1. The van der Waals surface area contributed by atoms with E-state index >= 15 is 0 Å². The van der Waals surface area contributed by atoms with Gasteiger partial charge in [-0.15, -0.1) is 0 Å². The first-order valence-electron chi connectivity index (χ1n) is 7.93. The maximum atomic E-state index is 11.7. The Morgan fingerprint density at radius 2 is 2.23 bits per heavy atom. The minimum absolute atomic E-state index is 0.240. The van der Waals surface area contributed by atoms with E-state index in [9.17, 15) is 4.79 Å². The standard InChI is InChI=1S/C16H24N4O2/c1-19-8-9-20(15(11-19)18-13-4-3-5-13)14-10-12(6-7-17-14)16(21)22-2/h6-7,10,13,15,18H,3-5,8-9,11H2,1-2H3. The molecule has 22 heavy (non-hydrogen) atoms. The van der Waals surface area contributed by atoms with Gasteiger partial charge >= 0.3 is 5.97 Å². The molecule has 1 aliphatic heterocycles. The summed E-state index contributed by atoms with van der Waals surface area (Å²) in [5.74, 6) is 0.522. The van der Waals surface area contributed by atoms with Gasteiger partial charge in [-0.1, -0.05) is 6.42 Å². The fraction of sp³-hybridized carbons (Fsp3) is 0.625. The number of carbonyl (C=O) groups is 1. The zero-order chi connectivity index (χ0) is 15.5. The van der Waals surface area contributed by atoms with Crippen molar-refractivity contribution in [1.29, 1.82) is 0 Å². The summed E-state index contributed by atoms with van der Waals surface area (Å²) in [6.07, 6.45) is 5.74. The number of piperazine rings is 1. The highest BCUT2D eigenvalue weighted by Crippen LogP contribution is 2.23. The van der Waals surface area contributed by atoms with Gasteiger partial charge in [0.05, 0.1) is 18.8 Å². The zero-order valence-corrected chi connectivity index (χ0v) is 13.3. The molecule has 0 spiro atoms. The third kappa shape index (κ3) is 3.23. The first kappa shape index (κ1) is 15.2. The van der Waals surface area contributed by atoms with E-state index in [1.165, 1.54) is 26.4 Å². The number of pyridine rings is 1. The van der Waals surface area contributed by atoms with Crippen LogP contribution in [-0.4, -0.2) is 61.9 Å². The Hall–Kier alpha value is -1.66. The number of carbonyl (C=O) groups excluding carboxylic acids is 1. The van der Waals surface area contributed by atoms with Crippen molar-refractivity contribution in [3.63, 3.8) is 0 Å². The Bertz CT molecular complexity index is 533.